The van der Waals surface area contributed by atoms with Gasteiger partial charge in [-0.2, -0.15) is 0 Å². The van der Waals surface area contributed by atoms with Gasteiger partial charge in [-0.25, -0.2) is 9.97 Å². The van der Waals surface area contributed by atoms with E-state index < -0.39 is 0 Å². The van der Waals surface area contributed by atoms with Crippen LogP contribution in [0.2, 0.25) is 0 Å². The first kappa shape index (κ1) is 29.8. The van der Waals surface area contributed by atoms with Crippen molar-refractivity contribution < 1.29 is 14.8 Å². The molecule has 0 spiro atoms. The van der Waals surface area contributed by atoms with Crippen molar-refractivity contribution in [2.45, 2.75) is 70.9 Å². The molecule has 4 heterocycles. The van der Waals surface area contributed by atoms with E-state index in [9.17, 15) is 0 Å². The zero-order valence-corrected chi connectivity index (χ0v) is 24.7. The van der Waals surface area contributed by atoms with Crippen molar-refractivity contribution in [3.05, 3.63) is 84.2 Å². The van der Waals surface area contributed by atoms with E-state index in [-0.39, 0.29) is 18.5 Å². The van der Waals surface area contributed by atoms with E-state index in [2.05, 4.69) is 28.8 Å². The maximum atomic E-state index is 8.10. The Morgan fingerprint density at radius 1 is 0.929 bits per heavy atom. The van der Waals surface area contributed by atoms with Crippen LogP contribution >= 0.6 is 0 Å². The van der Waals surface area contributed by atoms with Gasteiger partial charge in [0.2, 0.25) is 0 Å². The largest absolute Gasteiger partial charge is 0.359 e. The molecule has 2 aliphatic rings. The van der Waals surface area contributed by atoms with Gasteiger partial charge in [0.25, 0.3) is 0 Å². The molecule has 3 aromatic rings. The molecular formula is C34H43N6O2+. The van der Waals surface area contributed by atoms with Gasteiger partial charge in [0, 0.05) is 42.0 Å². The number of pyridine rings is 2. The highest BCUT2D eigenvalue weighted by molar-refractivity contribution is 5.95. The molecule has 2 aromatic heterocycles. The topological polar surface area (TPSA) is 123 Å². The Balaban J connectivity index is 1.41. The number of nitrogens with two attached hydrogens (primary N) is 2. The molecule has 2 saturated heterocycles. The van der Waals surface area contributed by atoms with Crippen LogP contribution in [0.25, 0.3) is 33.9 Å². The predicted octanol–water partition coefficient (Wildman–Crippen LogP) is 5.09. The van der Waals surface area contributed by atoms with Crippen molar-refractivity contribution in [2.75, 3.05) is 13.2 Å². The molecule has 2 aliphatic heterocycles. The summed E-state index contributed by atoms with van der Waals surface area (Å²) in [5.41, 5.74) is 13.9. The number of nitrogens with one attached hydrogen (secondary N) is 2. The van der Waals surface area contributed by atoms with Gasteiger partial charge in [-0.1, -0.05) is 30.3 Å². The Labute approximate surface area is 249 Å². The summed E-state index contributed by atoms with van der Waals surface area (Å²) in [4.78, 5) is 10.0. The third-order valence-corrected chi connectivity index (χ3v) is 7.40. The third-order valence-electron chi connectivity index (χ3n) is 7.40. The van der Waals surface area contributed by atoms with Crippen molar-refractivity contribution in [3.8, 4) is 22.5 Å². The van der Waals surface area contributed by atoms with Crippen molar-refractivity contribution in [1.82, 2.24) is 15.3 Å². The summed E-state index contributed by atoms with van der Waals surface area (Å²) in [6.45, 7) is 5.29. The normalized spacial score (nSPS) is 20.6. The lowest BCUT2D eigenvalue weighted by Crippen LogP contribution is -2.88. The summed E-state index contributed by atoms with van der Waals surface area (Å²) in [5.74, 6) is 0. The molecule has 0 radical (unpaired) electrons. The van der Waals surface area contributed by atoms with Crippen LogP contribution in [-0.4, -0.2) is 47.4 Å². The van der Waals surface area contributed by atoms with Gasteiger partial charge in [0.15, 0.2) is 11.9 Å². The smallest absolute Gasteiger partial charge is 0.194 e. The molecule has 220 valence electrons. The van der Waals surface area contributed by atoms with Crippen LogP contribution in [0.5, 0.6) is 0 Å². The van der Waals surface area contributed by atoms with E-state index in [1.165, 1.54) is 0 Å². The molecule has 42 heavy (non-hydrogen) atoms. The average Bonchev–Trinajstić information content (AvgIpc) is 3.01. The van der Waals surface area contributed by atoms with Crippen molar-refractivity contribution >= 4 is 17.1 Å². The molecule has 8 nitrogen and oxygen atoms in total. The second-order valence-electron chi connectivity index (χ2n) is 11.2. The number of allylic oxidation sites excluding steroid dienone is 1. The minimum atomic E-state index is -0.125. The maximum absolute atomic E-state index is 8.10. The van der Waals surface area contributed by atoms with Crippen LogP contribution in [0.3, 0.4) is 0 Å². The number of nitrogens with zero attached hydrogens (tertiary/aromatic N) is 2. The van der Waals surface area contributed by atoms with Crippen LogP contribution in [-0.2, 0) is 9.47 Å². The van der Waals surface area contributed by atoms with E-state index in [0.29, 0.717) is 5.71 Å². The monoisotopic (exact) mass is 567 g/mol. The summed E-state index contributed by atoms with van der Waals surface area (Å²) < 4.78 is 11.9. The van der Waals surface area contributed by atoms with Crippen molar-refractivity contribution in [3.63, 3.8) is 0 Å². The lowest BCUT2D eigenvalue weighted by Gasteiger charge is -2.26. The van der Waals surface area contributed by atoms with Gasteiger partial charge in [0.1, 0.15) is 11.9 Å². The van der Waals surface area contributed by atoms with Gasteiger partial charge in [0.05, 0.1) is 29.4 Å². The second kappa shape index (κ2) is 14.5. The highest BCUT2D eigenvalue weighted by atomic mass is 16.5. The fourth-order valence-electron chi connectivity index (χ4n) is 5.38. The first-order chi connectivity index (χ1) is 20.4. The van der Waals surface area contributed by atoms with Crippen LogP contribution < -0.4 is 16.4 Å². The molecule has 1 aromatic carbocycles. The van der Waals surface area contributed by atoms with Crippen LogP contribution in [0.4, 0.5) is 0 Å². The van der Waals surface area contributed by atoms with Crippen LogP contribution in [0.15, 0.2) is 72.8 Å². The summed E-state index contributed by atoms with van der Waals surface area (Å²) in [6.07, 6.45) is 10.3. The second-order valence-corrected chi connectivity index (χ2v) is 11.2. The summed E-state index contributed by atoms with van der Waals surface area (Å²) >= 11 is 0. The Morgan fingerprint density at radius 2 is 1.57 bits per heavy atom. The summed E-state index contributed by atoms with van der Waals surface area (Å²) in [5, 5.41) is 13.7. The molecule has 6 N–H and O–H groups in total. The first-order valence-corrected chi connectivity index (χ1v) is 15.1. The maximum Gasteiger partial charge on any atom is 0.194 e. The molecular weight excluding hydrogens is 524 g/mol. The Kier molecular flexibility index (Phi) is 10.3. The predicted molar refractivity (Wildman–Crippen MR) is 168 cm³/mol. The number of hydrogen-bond acceptors (Lipinski definition) is 7. The summed E-state index contributed by atoms with van der Waals surface area (Å²) in [6, 6.07) is 20.3. The fourth-order valence-corrected chi connectivity index (χ4v) is 5.38. The molecule has 3 unspecified atom stereocenters. The highest BCUT2D eigenvalue weighted by Gasteiger charge is 2.21. The summed E-state index contributed by atoms with van der Waals surface area (Å²) in [7, 11) is 0. The molecule has 0 saturated carbocycles. The molecule has 8 heteroatoms. The SMILES string of the molecule is CC(=N)C=C([NH2+]C1CCCCO1)c1cccc(-c2cccc(-c3cccc(C(=CC(C)N)NC4CCCCO4)n3)c2)n1. The molecule has 5 rings (SSSR count). The zero-order valence-electron chi connectivity index (χ0n) is 24.7. The van der Waals surface area contributed by atoms with Gasteiger partial charge in [-0.05, 0) is 82.4 Å². The highest BCUT2D eigenvalue weighted by Crippen LogP contribution is 2.26. The first-order valence-electron chi connectivity index (χ1n) is 15.1. The van der Waals surface area contributed by atoms with Gasteiger partial charge < -0.3 is 25.9 Å². The molecule has 2 fully saturated rings. The van der Waals surface area contributed by atoms with E-state index >= 15 is 0 Å². The zero-order chi connectivity index (χ0) is 29.3. The molecule has 0 bridgehead atoms. The van der Waals surface area contributed by atoms with Crippen molar-refractivity contribution in [2.24, 2.45) is 5.73 Å². The Hall–Kier alpha value is -3.69. The Bertz CT molecular complexity index is 1420. The van der Waals surface area contributed by atoms with E-state index in [4.69, 9.17) is 30.6 Å². The standard InChI is InChI=1S/C34H42N6O2/c1-23(35)20-31(39-33-16-3-5-18-41-33)29-14-8-12-27(37-29)25-10-7-11-26(22-25)28-13-9-15-30(38-28)32(21-24(2)36)40-34-17-4-6-19-42-34/h7-15,20-23,33-34,36,39-40H,3-6,16-19,35H2,1-2H3/p+1. The Morgan fingerprint density at radius 3 is 2.19 bits per heavy atom. The van der Waals surface area contributed by atoms with Crippen LogP contribution in [0, 0.1) is 5.41 Å². The lowest BCUT2D eigenvalue weighted by molar-refractivity contribution is -0.653. The molecule has 0 amide bonds. The van der Waals surface area contributed by atoms with E-state index in [0.717, 1.165) is 97.0 Å². The number of rotatable bonds is 10. The molecule has 3 atom stereocenters. The van der Waals surface area contributed by atoms with Crippen molar-refractivity contribution in [1.29, 1.82) is 5.41 Å². The quantitative estimate of drug-likeness (QED) is 0.253. The minimum Gasteiger partial charge on any atom is -0.359 e. The van der Waals surface area contributed by atoms with E-state index in [1.54, 1.807) is 6.92 Å². The lowest BCUT2D eigenvalue weighted by atomic mass is 10.0. The molecule has 0 aliphatic carbocycles. The van der Waals surface area contributed by atoms with Gasteiger partial charge in [-0.3, -0.25) is 5.32 Å². The average molecular weight is 568 g/mol. The number of hydrogen-bond donors (Lipinski definition) is 4. The van der Waals surface area contributed by atoms with Gasteiger partial charge >= 0.3 is 0 Å². The fraction of sp³-hybridized carbons (Fsp3) is 0.382. The third kappa shape index (κ3) is 8.20. The number of quaternary nitrogens is 1. The van der Waals surface area contributed by atoms with Crippen LogP contribution in [0.1, 0.15) is 63.8 Å². The number of aromatic nitrogens is 2. The number of ether oxygens (including phenoxy) is 2. The van der Waals surface area contributed by atoms with Gasteiger partial charge in [-0.15, -0.1) is 0 Å². The number of benzene rings is 1. The van der Waals surface area contributed by atoms with E-state index in [1.807, 2.05) is 61.5 Å². The minimum absolute atomic E-state index is 0.0341.